The van der Waals surface area contributed by atoms with E-state index in [-0.39, 0.29) is 22.0 Å². The van der Waals surface area contributed by atoms with Crippen molar-refractivity contribution in [2.75, 3.05) is 0 Å². The normalized spacial score (nSPS) is 11.2. The SMILES string of the molecule is Cc1csc(CNS(=O)(=O)c2cc(C#N)ccc2Cl)n1. The Morgan fingerprint density at radius 2 is 2.25 bits per heavy atom. The second-order valence-electron chi connectivity index (χ2n) is 3.96. The van der Waals surface area contributed by atoms with Crippen molar-refractivity contribution in [1.82, 2.24) is 9.71 Å². The smallest absolute Gasteiger partial charge is 0.242 e. The van der Waals surface area contributed by atoms with E-state index < -0.39 is 10.0 Å². The summed E-state index contributed by atoms with van der Waals surface area (Å²) in [6.07, 6.45) is 0. The molecule has 5 nitrogen and oxygen atoms in total. The molecule has 104 valence electrons. The molecule has 0 saturated carbocycles. The molecule has 0 fully saturated rings. The van der Waals surface area contributed by atoms with E-state index in [1.54, 1.807) is 0 Å². The minimum atomic E-state index is -3.78. The number of aromatic nitrogens is 1. The fourth-order valence-electron chi connectivity index (χ4n) is 1.50. The number of rotatable bonds is 4. The van der Waals surface area contributed by atoms with Crippen LogP contribution in [0.5, 0.6) is 0 Å². The number of aryl methyl sites for hydroxylation is 1. The van der Waals surface area contributed by atoms with E-state index in [1.807, 2.05) is 18.4 Å². The second kappa shape index (κ2) is 5.89. The molecule has 1 N–H and O–H groups in total. The third-order valence-electron chi connectivity index (χ3n) is 2.43. The highest BCUT2D eigenvalue weighted by molar-refractivity contribution is 7.89. The fourth-order valence-corrected chi connectivity index (χ4v) is 3.81. The maximum atomic E-state index is 12.2. The molecule has 0 aliphatic carbocycles. The monoisotopic (exact) mass is 327 g/mol. The number of hydrogen-bond donors (Lipinski definition) is 1. The summed E-state index contributed by atoms with van der Waals surface area (Å²) in [5.74, 6) is 0. The van der Waals surface area contributed by atoms with Gasteiger partial charge in [0.25, 0.3) is 0 Å². The lowest BCUT2D eigenvalue weighted by molar-refractivity contribution is 0.581. The molecular weight excluding hydrogens is 318 g/mol. The van der Waals surface area contributed by atoms with Gasteiger partial charge in [-0.3, -0.25) is 0 Å². The number of hydrogen-bond acceptors (Lipinski definition) is 5. The number of nitriles is 1. The molecule has 0 bridgehead atoms. The zero-order chi connectivity index (χ0) is 14.8. The van der Waals surface area contributed by atoms with E-state index in [4.69, 9.17) is 16.9 Å². The van der Waals surface area contributed by atoms with E-state index in [1.165, 1.54) is 29.5 Å². The van der Waals surface area contributed by atoms with Crippen molar-refractivity contribution in [1.29, 1.82) is 5.26 Å². The minimum Gasteiger partial charge on any atom is -0.245 e. The third-order valence-corrected chi connectivity index (χ3v) is 5.28. The Hall–Kier alpha value is -1.46. The molecular formula is C12H10ClN3O2S2. The van der Waals surface area contributed by atoms with Crippen LogP contribution in [-0.4, -0.2) is 13.4 Å². The fraction of sp³-hybridized carbons (Fsp3) is 0.167. The molecule has 0 aliphatic heterocycles. The van der Waals surface area contributed by atoms with Gasteiger partial charge in [-0.05, 0) is 25.1 Å². The molecule has 0 aliphatic rings. The van der Waals surface area contributed by atoms with Crippen LogP contribution in [0.3, 0.4) is 0 Å². The third kappa shape index (κ3) is 3.35. The van der Waals surface area contributed by atoms with Crippen LogP contribution in [0.4, 0.5) is 0 Å². The molecule has 0 spiro atoms. The maximum absolute atomic E-state index is 12.2. The van der Waals surface area contributed by atoms with Crippen molar-refractivity contribution in [2.45, 2.75) is 18.4 Å². The largest absolute Gasteiger partial charge is 0.245 e. The van der Waals surface area contributed by atoms with E-state index in [0.29, 0.717) is 5.01 Å². The standard InChI is InChI=1S/C12H10ClN3O2S2/c1-8-7-19-12(16-8)6-15-20(17,18)11-4-9(5-14)2-3-10(11)13/h2-4,7,15H,6H2,1H3. The van der Waals surface area contributed by atoms with Gasteiger partial charge in [-0.2, -0.15) is 5.26 Å². The quantitative estimate of drug-likeness (QED) is 0.935. The topological polar surface area (TPSA) is 82.9 Å². The molecule has 0 amide bonds. The Labute approximate surface area is 125 Å². The van der Waals surface area contributed by atoms with Gasteiger partial charge in [0.2, 0.25) is 10.0 Å². The van der Waals surface area contributed by atoms with Gasteiger partial charge in [0, 0.05) is 11.1 Å². The number of benzene rings is 1. The highest BCUT2D eigenvalue weighted by Crippen LogP contribution is 2.22. The van der Waals surface area contributed by atoms with E-state index in [9.17, 15) is 8.42 Å². The average molecular weight is 328 g/mol. The summed E-state index contributed by atoms with van der Waals surface area (Å²) in [6.45, 7) is 1.93. The molecule has 2 rings (SSSR count). The second-order valence-corrected chi connectivity index (χ2v) is 7.05. The summed E-state index contributed by atoms with van der Waals surface area (Å²) < 4.78 is 26.8. The van der Waals surface area contributed by atoms with Crippen molar-refractivity contribution in [3.8, 4) is 6.07 Å². The van der Waals surface area contributed by atoms with Gasteiger partial charge in [0.05, 0.1) is 23.2 Å². The van der Waals surface area contributed by atoms with Gasteiger partial charge in [-0.15, -0.1) is 11.3 Å². The van der Waals surface area contributed by atoms with Crippen LogP contribution < -0.4 is 4.72 Å². The van der Waals surface area contributed by atoms with E-state index in [2.05, 4.69) is 9.71 Å². The zero-order valence-electron chi connectivity index (χ0n) is 10.4. The number of nitrogens with one attached hydrogen (secondary N) is 1. The summed E-state index contributed by atoms with van der Waals surface area (Å²) in [6, 6.07) is 5.99. The lowest BCUT2D eigenvalue weighted by atomic mass is 10.2. The lowest BCUT2D eigenvalue weighted by Gasteiger charge is -2.07. The summed E-state index contributed by atoms with van der Waals surface area (Å²) in [5.41, 5.74) is 1.08. The van der Waals surface area contributed by atoms with Crippen LogP contribution in [0.25, 0.3) is 0 Å². The predicted molar refractivity (Wildman–Crippen MR) is 77.0 cm³/mol. The predicted octanol–water partition coefficient (Wildman–Crippen LogP) is 2.46. The van der Waals surface area contributed by atoms with Crippen LogP contribution in [0, 0.1) is 18.3 Å². The first-order valence-electron chi connectivity index (χ1n) is 5.53. The highest BCUT2D eigenvalue weighted by Gasteiger charge is 2.18. The first kappa shape index (κ1) is 14.9. The summed E-state index contributed by atoms with van der Waals surface area (Å²) in [7, 11) is -3.78. The molecule has 1 heterocycles. The number of sulfonamides is 1. The van der Waals surface area contributed by atoms with Gasteiger partial charge in [-0.25, -0.2) is 18.1 Å². The van der Waals surface area contributed by atoms with Crippen molar-refractivity contribution in [2.24, 2.45) is 0 Å². The van der Waals surface area contributed by atoms with Crippen molar-refractivity contribution >= 4 is 33.0 Å². The summed E-state index contributed by atoms with van der Waals surface area (Å²) in [5, 5.41) is 11.4. The average Bonchev–Trinajstić information content (AvgIpc) is 2.83. The number of nitrogens with zero attached hydrogens (tertiary/aromatic N) is 2. The van der Waals surface area contributed by atoms with E-state index in [0.717, 1.165) is 5.69 Å². The summed E-state index contributed by atoms with van der Waals surface area (Å²) in [4.78, 5) is 4.06. The molecule has 0 atom stereocenters. The van der Waals surface area contributed by atoms with E-state index >= 15 is 0 Å². The zero-order valence-corrected chi connectivity index (χ0v) is 12.8. The number of halogens is 1. The Balaban J connectivity index is 2.24. The Bertz CT molecular complexity index is 778. The molecule has 0 saturated heterocycles. The Kier molecular flexibility index (Phi) is 4.40. The number of thiazole rings is 1. The van der Waals surface area contributed by atoms with Gasteiger partial charge >= 0.3 is 0 Å². The van der Waals surface area contributed by atoms with Crippen LogP contribution in [0.15, 0.2) is 28.5 Å². The minimum absolute atomic E-state index is 0.0758. The van der Waals surface area contributed by atoms with Crippen LogP contribution in [0.1, 0.15) is 16.3 Å². The van der Waals surface area contributed by atoms with Gasteiger partial charge in [0.1, 0.15) is 9.90 Å². The summed E-state index contributed by atoms with van der Waals surface area (Å²) >= 11 is 7.26. The molecule has 0 unspecified atom stereocenters. The first-order chi connectivity index (χ1) is 9.42. The molecule has 1 aromatic heterocycles. The first-order valence-corrected chi connectivity index (χ1v) is 8.27. The lowest BCUT2D eigenvalue weighted by Crippen LogP contribution is -2.23. The van der Waals surface area contributed by atoms with Crippen molar-refractivity contribution in [3.05, 3.63) is 44.9 Å². The van der Waals surface area contributed by atoms with Crippen molar-refractivity contribution < 1.29 is 8.42 Å². The van der Waals surface area contributed by atoms with Crippen molar-refractivity contribution in [3.63, 3.8) is 0 Å². The van der Waals surface area contributed by atoms with Gasteiger partial charge in [0.15, 0.2) is 0 Å². The highest BCUT2D eigenvalue weighted by atomic mass is 35.5. The molecule has 1 aromatic carbocycles. The molecule has 8 heteroatoms. The van der Waals surface area contributed by atoms with Gasteiger partial charge in [-0.1, -0.05) is 11.6 Å². The Morgan fingerprint density at radius 3 is 2.85 bits per heavy atom. The molecule has 20 heavy (non-hydrogen) atoms. The van der Waals surface area contributed by atoms with Gasteiger partial charge < -0.3 is 0 Å². The maximum Gasteiger partial charge on any atom is 0.242 e. The molecule has 0 radical (unpaired) electrons. The Morgan fingerprint density at radius 1 is 1.50 bits per heavy atom. The van der Waals surface area contributed by atoms with Crippen LogP contribution >= 0.6 is 22.9 Å². The van der Waals surface area contributed by atoms with Crippen LogP contribution in [-0.2, 0) is 16.6 Å². The van der Waals surface area contributed by atoms with Crippen LogP contribution in [0.2, 0.25) is 5.02 Å². The molecule has 2 aromatic rings.